The Labute approximate surface area is 103 Å². The summed E-state index contributed by atoms with van der Waals surface area (Å²) in [6, 6.07) is 7.80. The van der Waals surface area contributed by atoms with Crippen molar-refractivity contribution < 1.29 is 9.53 Å². The molecular formula is C15H20O2. The van der Waals surface area contributed by atoms with Gasteiger partial charge in [-0.25, -0.2) is 0 Å². The normalized spacial score (nSPS) is 18.9. The molecule has 0 amide bonds. The Kier molecular flexibility index (Phi) is 4.32. The molecule has 1 aromatic carbocycles. The molecule has 17 heavy (non-hydrogen) atoms. The van der Waals surface area contributed by atoms with Crippen LogP contribution in [0, 0.1) is 5.92 Å². The molecule has 0 aromatic heterocycles. The zero-order valence-corrected chi connectivity index (χ0v) is 10.4. The average molecular weight is 232 g/mol. The number of carbonyl (C=O) groups is 1. The molecule has 0 radical (unpaired) electrons. The monoisotopic (exact) mass is 232 g/mol. The minimum absolute atomic E-state index is 0.148. The molecule has 1 aliphatic rings. The molecule has 1 atom stereocenters. The zero-order valence-electron chi connectivity index (χ0n) is 10.4. The third kappa shape index (κ3) is 2.95. The predicted molar refractivity (Wildman–Crippen MR) is 68.2 cm³/mol. The largest absolute Gasteiger partial charge is 0.376 e. The Bertz CT molecular complexity index is 367. The van der Waals surface area contributed by atoms with Crippen LogP contribution in [0.5, 0.6) is 0 Å². The molecule has 2 heteroatoms. The maximum atomic E-state index is 10.8. The summed E-state index contributed by atoms with van der Waals surface area (Å²) >= 11 is 0. The van der Waals surface area contributed by atoms with Crippen molar-refractivity contribution in [3.8, 4) is 0 Å². The second-order valence-electron chi connectivity index (χ2n) is 4.84. The van der Waals surface area contributed by atoms with E-state index < -0.39 is 0 Å². The molecule has 0 bridgehead atoms. The molecule has 0 aliphatic heterocycles. The molecule has 0 spiro atoms. The van der Waals surface area contributed by atoms with E-state index in [1.54, 1.807) is 7.11 Å². The highest BCUT2D eigenvalue weighted by Gasteiger charge is 2.24. The number of hydrogen-bond acceptors (Lipinski definition) is 2. The first kappa shape index (κ1) is 12.3. The summed E-state index contributed by atoms with van der Waals surface area (Å²) in [6.07, 6.45) is 7.48. The Hall–Kier alpha value is -1.15. The van der Waals surface area contributed by atoms with Crippen LogP contribution in [0.1, 0.15) is 54.1 Å². The lowest BCUT2D eigenvalue weighted by atomic mass is 9.82. The topological polar surface area (TPSA) is 26.3 Å². The van der Waals surface area contributed by atoms with Crippen LogP contribution in [0.25, 0.3) is 0 Å². The van der Waals surface area contributed by atoms with Crippen LogP contribution in [0.3, 0.4) is 0 Å². The van der Waals surface area contributed by atoms with Crippen LogP contribution >= 0.6 is 0 Å². The van der Waals surface area contributed by atoms with Crippen LogP contribution in [0.4, 0.5) is 0 Å². The highest BCUT2D eigenvalue weighted by Crippen LogP contribution is 2.36. The van der Waals surface area contributed by atoms with Crippen molar-refractivity contribution in [3.05, 3.63) is 35.4 Å². The van der Waals surface area contributed by atoms with Gasteiger partial charge in [-0.3, -0.25) is 4.79 Å². The molecular weight excluding hydrogens is 212 g/mol. The summed E-state index contributed by atoms with van der Waals surface area (Å²) in [5.74, 6) is 0.607. The van der Waals surface area contributed by atoms with Crippen molar-refractivity contribution >= 4 is 6.29 Å². The summed E-state index contributed by atoms with van der Waals surface area (Å²) in [5.41, 5.74) is 1.88. The standard InChI is InChI=1S/C15H20O2/c1-17-15(13-7-3-2-4-8-13)14-9-5-6-12(10-14)11-16/h5-6,9-11,13,15H,2-4,7-8H2,1H3. The molecule has 1 saturated carbocycles. The van der Waals surface area contributed by atoms with Gasteiger partial charge in [-0.05, 0) is 30.4 Å². The van der Waals surface area contributed by atoms with Gasteiger partial charge >= 0.3 is 0 Å². The van der Waals surface area contributed by atoms with Crippen LogP contribution in [0.2, 0.25) is 0 Å². The summed E-state index contributed by atoms with van der Waals surface area (Å²) in [6.45, 7) is 0. The van der Waals surface area contributed by atoms with Crippen molar-refractivity contribution in [3.63, 3.8) is 0 Å². The quantitative estimate of drug-likeness (QED) is 0.739. The second kappa shape index (κ2) is 5.97. The Morgan fingerprint density at radius 1 is 1.29 bits per heavy atom. The van der Waals surface area contributed by atoms with Gasteiger partial charge in [-0.2, -0.15) is 0 Å². The van der Waals surface area contributed by atoms with E-state index in [-0.39, 0.29) is 6.10 Å². The van der Waals surface area contributed by atoms with Crippen molar-refractivity contribution in [2.45, 2.75) is 38.2 Å². The van der Waals surface area contributed by atoms with Crippen LogP contribution in [0.15, 0.2) is 24.3 Å². The first-order valence-corrected chi connectivity index (χ1v) is 6.43. The van der Waals surface area contributed by atoms with Crippen molar-refractivity contribution in [1.29, 1.82) is 0 Å². The molecule has 1 aromatic rings. The third-order valence-corrected chi connectivity index (χ3v) is 3.71. The van der Waals surface area contributed by atoms with E-state index in [9.17, 15) is 4.79 Å². The number of benzene rings is 1. The van der Waals surface area contributed by atoms with E-state index in [0.29, 0.717) is 5.92 Å². The third-order valence-electron chi connectivity index (χ3n) is 3.71. The van der Waals surface area contributed by atoms with E-state index >= 15 is 0 Å². The first-order valence-electron chi connectivity index (χ1n) is 6.43. The van der Waals surface area contributed by atoms with Crippen LogP contribution in [-0.4, -0.2) is 13.4 Å². The number of ether oxygens (including phenoxy) is 1. The fourth-order valence-electron chi connectivity index (χ4n) is 2.85. The van der Waals surface area contributed by atoms with E-state index in [4.69, 9.17) is 4.74 Å². The molecule has 0 N–H and O–H groups in total. The van der Waals surface area contributed by atoms with Crippen molar-refractivity contribution in [2.24, 2.45) is 5.92 Å². The fraction of sp³-hybridized carbons (Fsp3) is 0.533. The van der Waals surface area contributed by atoms with Crippen molar-refractivity contribution in [2.75, 3.05) is 7.11 Å². The SMILES string of the molecule is COC(c1cccc(C=O)c1)C1CCCCC1. The van der Waals surface area contributed by atoms with E-state index in [1.807, 2.05) is 18.2 Å². The van der Waals surface area contributed by atoms with Crippen LogP contribution in [-0.2, 0) is 4.74 Å². The van der Waals surface area contributed by atoms with E-state index in [2.05, 4.69) is 6.07 Å². The lowest BCUT2D eigenvalue weighted by molar-refractivity contribution is 0.0354. The minimum atomic E-state index is 0.148. The molecule has 0 saturated heterocycles. The maximum absolute atomic E-state index is 10.8. The average Bonchev–Trinajstić information content (AvgIpc) is 2.41. The molecule has 1 aliphatic carbocycles. The number of hydrogen-bond donors (Lipinski definition) is 0. The first-order chi connectivity index (χ1) is 8.35. The van der Waals surface area contributed by atoms with Gasteiger partial charge in [0.15, 0.2) is 0 Å². The molecule has 1 unspecified atom stereocenters. The van der Waals surface area contributed by atoms with Gasteiger partial charge in [-0.15, -0.1) is 0 Å². The summed E-state index contributed by atoms with van der Waals surface area (Å²) < 4.78 is 5.66. The molecule has 1 fully saturated rings. The van der Waals surface area contributed by atoms with Crippen LogP contribution < -0.4 is 0 Å². The highest BCUT2D eigenvalue weighted by atomic mass is 16.5. The van der Waals surface area contributed by atoms with E-state index in [1.165, 1.54) is 32.1 Å². The molecule has 0 heterocycles. The fourth-order valence-corrected chi connectivity index (χ4v) is 2.85. The summed E-state index contributed by atoms with van der Waals surface area (Å²) in [4.78, 5) is 10.8. The van der Waals surface area contributed by atoms with Crippen molar-refractivity contribution in [1.82, 2.24) is 0 Å². The minimum Gasteiger partial charge on any atom is -0.376 e. The van der Waals surface area contributed by atoms with E-state index in [0.717, 1.165) is 17.4 Å². The highest BCUT2D eigenvalue weighted by molar-refractivity contribution is 5.74. The Morgan fingerprint density at radius 2 is 2.06 bits per heavy atom. The number of rotatable bonds is 4. The van der Waals surface area contributed by atoms with Gasteiger partial charge in [0, 0.05) is 12.7 Å². The Balaban J connectivity index is 2.17. The zero-order chi connectivity index (χ0) is 12.1. The smallest absolute Gasteiger partial charge is 0.150 e. The van der Waals surface area contributed by atoms with Gasteiger partial charge in [0.25, 0.3) is 0 Å². The second-order valence-corrected chi connectivity index (χ2v) is 4.84. The molecule has 2 rings (SSSR count). The summed E-state index contributed by atoms with van der Waals surface area (Å²) in [7, 11) is 1.77. The van der Waals surface area contributed by atoms with Gasteiger partial charge in [0.2, 0.25) is 0 Å². The Morgan fingerprint density at radius 3 is 2.71 bits per heavy atom. The molecule has 2 nitrogen and oxygen atoms in total. The number of carbonyl (C=O) groups excluding carboxylic acids is 1. The van der Waals surface area contributed by atoms with Gasteiger partial charge < -0.3 is 4.74 Å². The number of methoxy groups -OCH3 is 1. The maximum Gasteiger partial charge on any atom is 0.150 e. The lowest BCUT2D eigenvalue weighted by Gasteiger charge is -2.29. The number of aldehydes is 1. The van der Waals surface area contributed by atoms with Gasteiger partial charge in [0.1, 0.15) is 6.29 Å². The van der Waals surface area contributed by atoms with Gasteiger partial charge in [0.05, 0.1) is 6.10 Å². The lowest BCUT2D eigenvalue weighted by Crippen LogP contribution is -2.18. The predicted octanol–water partition coefficient (Wildman–Crippen LogP) is 3.77. The van der Waals surface area contributed by atoms with Gasteiger partial charge in [-0.1, -0.05) is 37.5 Å². The summed E-state index contributed by atoms with van der Waals surface area (Å²) in [5, 5.41) is 0. The molecule has 92 valence electrons.